The molecule has 11 nitrogen and oxygen atoms in total. The van der Waals surface area contributed by atoms with Gasteiger partial charge in [-0.25, -0.2) is 0 Å². The van der Waals surface area contributed by atoms with Crippen LogP contribution in [0.25, 0.3) is 0 Å². The number of nitrogens with zero attached hydrogens (tertiary/aromatic N) is 5. The number of rotatable bonds is 11. The molecule has 1 aromatic heterocycles. The van der Waals surface area contributed by atoms with E-state index >= 15 is 0 Å². The SMILES string of the molecule is O=[N+]([O-])c1cn2c(n1)OC(COc1ccc(N3CCN(Cc4ccc(COc5ccc(OC(F)(F)F)cc5)cc4)CC3)cc1)CC2. The zero-order valence-electron chi connectivity index (χ0n) is 24.8. The summed E-state index contributed by atoms with van der Waals surface area (Å²) in [6.45, 7) is 5.68. The summed E-state index contributed by atoms with van der Waals surface area (Å²) in [6.07, 6.45) is -2.90. The Balaban J connectivity index is 0.906. The molecule has 0 amide bonds. The Morgan fingerprint density at radius 1 is 0.848 bits per heavy atom. The molecule has 14 heteroatoms. The van der Waals surface area contributed by atoms with Crippen LogP contribution >= 0.6 is 0 Å². The number of hydrogen-bond donors (Lipinski definition) is 0. The molecular formula is C32H32F3N5O6. The number of ether oxygens (including phenoxy) is 4. The standard InChI is InChI=1S/C32H32F3N5O6/c33-32(34,35)46-28-11-9-27(10-12-28)43-21-24-3-1-23(2-4-24)19-37-15-17-38(18-16-37)25-5-7-26(8-6-25)44-22-29-13-14-39-20-30(40(41)42)36-31(39)45-29/h1-12,20,29H,13-19,21-22H2. The van der Waals surface area contributed by atoms with E-state index in [4.69, 9.17) is 14.2 Å². The molecule has 1 saturated heterocycles. The summed E-state index contributed by atoms with van der Waals surface area (Å²) in [7, 11) is 0. The zero-order valence-corrected chi connectivity index (χ0v) is 24.8. The Kier molecular flexibility index (Phi) is 9.15. The van der Waals surface area contributed by atoms with E-state index in [0.29, 0.717) is 31.9 Å². The number of halogens is 3. The lowest BCUT2D eigenvalue weighted by atomic mass is 10.1. The first-order chi connectivity index (χ1) is 22.2. The lowest BCUT2D eigenvalue weighted by Crippen LogP contribution is -2.45. The van der Waals surface area contributed by atoms with Crippen molar-refractivity contribution in [2.45, 2.75) is 38.6 Å². The van der Waals surface area contributed by atoms with Crippen molar-refractivity contribution in [2.24, 2.45) is 0 Å². The van der Waals surface area contributed by atoms with Crippen molar-refractivity contribution in [3.05, 3.63) is 100 Å². The van der Waals surface area contributed by atoms with E-state index in [-0.39, 0.29) is 23.7 Å². The molecule has 0 saturated carbocycles. The minimum absolute atomic E-state index is 0.221. The number of alkyl halides is 3. The van der Waals surface area contributed by atoms with E-state index < -0.39 is 11.3 Å². The highest BCUT2D eigenvalue weighted by atomic mass is 19.4. The fraction of sp³-hybridized carbons (Fsp3) is 0.344. The Hall–Kier alpha value is -4.98. The van der Waals surface area contributed by atoms with Gasteiger partial charge in [0.25, 0.3) is 0 Å². The van der Waals surface area contributed by atoms with Gasteiger partial charge in [0.2, 0.25) is 0 Å². The van der Waals surface area contributed by atoms with Gasteiger partial charge in [0.15, 0.2) is 0 Å². The van der Waals surface area contributed by atoms with Crippen molar-refractivity contribution < 1.29 is 37.0 Å². The van der Waals surface area contributed by atoms with Crippen molar-refractivity contribution in [1.82, 2.24) is 14.5 Å². The Bertz CT molecular complexity index is 1610. The predicted molar refractivity (Wildman–Crippen MR) is 161 cm³/mol. The van der Waals surface area contributed by atoms with E-state index in [1.54, 1.807) is 4.57 Å². The predicted octanol–water partition coefficient (Wildman–Crippen LogP) is 5.82. The highest BCUT2D eigenvalue weighted by Gasteiger charge is 2.31. The summed E-state index contributed by atoms with van der Waals surface area (Å²) in [4.78, 5) is 19.1. The monoisotopic (exact) mass is 639 g/mol. The molecular weight excluding hydrogens is 607 g/mol. The topological polar surface area (TPSA) is 104 Å². The summed E-state index contributed by atoms with van der Waals surface area (Å²) in [6, 6.07) is 21.7. The second kappa shape index (κ2) is 13.6. The molecule has 3 aromatic carbocycles. The molecule has 0 aliphatic carbocycles. The van der Waals surface area contributed by atoms with Gasteiger partial charge in [-0.3, -0.25) is 9.47 Å². The highest BCUT2D eigenvalue weighted by molar-refractivity contribution is 5.49. The van der Waals surface area contributed by atoms with E-state index in [1.165, 1.54) is 36.0 Å². The molecule has 46 heavy (non-hydrogen) atoms. The highest BCUT2D eigenvalue weighted by Crippen LogP contribution is 2.27. The van der Waals surface area contributed by atoms with E-state index in [9.17, 15) is 23.3 Å². The molecule has 1 atom stereocenters. The molecule has 2 aliphatic rings. The van der Waals surface area contributed by atoms with Crippen molar-refractivity contribution in [1.29, 1.82) is 0 Å². The molecule has 1 fully saturated rings. The molecule has 3 heterocycles. The van der Waals surface area contributed by atoms with E-state index in [0.717, 1.165) is 49.7 Å². The van der Waals surface area contributed by atoms with Crippen LogP contribution < -0.4 is 23.8 Å². The van der Waals surface area contributed by atoms with Gasteiger partial charge < -0.3 is 34.0 Å². The van der Waals surface area contributed by atoms with Gasteiger partial charge in [-0.1, -0.05) is 24.3 Å². The van der Waals surface area contributed by atoms with Crippen LogP contribution in [-0.2, 0) is 19.7 Å². The molecule has 0 bridgehead atoms. The third kappa shape index (κ3) is 8.18. The maximum atomic E-state index is 12.3. The summed E-state index contributed by atoms with van der Waals surface area (Å²) in [5, 5.41) is 11.0. The second-order valence-corrected chi connectivity index (χ2v) is 11.1. The zero-order chi connectivity index (χ0) is 32.1. The van der Waals surface area contributed by atoms with Gasteiger partial charge in [0, 0.05) is 56.4 Å². The summed E-state index contributed by atoms with van der Waals surface area (Å²) < 4.78 is 59.9. The number of nitro groups is 1. The Morgan fingerprint density at radius 3 is 2.15 bits per heavy atom. The summed E-state index contributed by atoms with van der Waals surface area (Å²) in [5.41, 5.74) is 3.28. The first-order valence-corrected chi connectivity index (χ1v) is 14.8. The number of hydrogen-bond acceptors (Lipinski definition) is 9. The maximum absolute atomic E-state index is 12.3. The average Bonchev–Trinajstić information content (AvgIpc) is 3.48. The van der Waals surface area contributed by atoms with Gasteiger partial charge in [-0.2, -0.15) is 0 Å². The molecule has 6 rings (SSSR count). The number of aromatic nitrogens is 2. The number of benzene rings is 3. The van der Waals surface area contributed by atoms with E-state index in [2.05, 4.69) is 31.7 Å². The largest absolute Gasteiger partial charge is 0.573 e. The first kappa shape index (κ1) is 31.0. The van der Waals surface area contributed by atoms with Crippen molar-refractivity contribution in [3.63, 3.8) is 0 Å². The van der Waals surface area contributed by atoms with Gasteiger partial charge in [-0.05, 0) is 64.6 Å². The maximum Gasteiger partial charge on any atom is 0.573 e. The quantitative estimate of drug-likeness (QED) is 0.148. The molecule has 0 N–H and O–H groups in total. The minimum atomic E-state index is -4.72. The molecule has 2 aliphatic heterocycles. The van der Waals surface area contributed by atoms with Crippen LogP contribution in [0.2, 0.25) is 0 Å². The lowest BCUT2D eigenvalue weighted by molar-refractivity contribution is -0.389. The molecule has 1 unspecified atom stereocenters. The lowest BCUT2D eigenvalue weighted by Gasteiger charge is -2.36. The van der Waals surface area contributed by atoms with Crippen molar-refractivity contribution in [3.8, 4) is 23.3 Å². The average molecular weight is 640 g/mol. The smallest absolute Gasteiger partial charge is 0.490 e. The number of anilines is 1. The van der Waals surface area contributed by atoms with Crippen LogP contribution in [0.1, 0.15) is 17.5 Å². The minimum Gasteiger partial charge on any atom is -0.490 e. The molecule has 0 radical (unpaired) electrons. The van der Waals surface area contributed by atoms with Crippen LogP contribution in [0.15, 0.2) is 79.0 Å². The normalized spacial score (nSPS) is 16.8. The number of imidazole rings is 1. The third-order valence-corrected chi connectivity index (χ3v) is 7.78. The van der Waals surface area contributed by atoms with Gasteiger partial charge in [-0.15, -0.1) is 13.2 Å². The van der Waals surface area contributed by atoms with Crippen LogP contribution in [0, 0.1) is 10.1 Å². The van der Waals surface area contributed by atoms with Crippen molar-refractivity contribution in [2.75, 3.05) is 37.7 Å². The Morgan fingerprint density at radius 2 is 1.48 bits per heavy atom. The Labute approximate surface area is 262 Å². The second-order valence-electron chi connectivity index (χ2n) is 11.1. The van der Waals surface area contributed by atoms with E-state index in [1.807, 2.05) is 36.4 Å². The summed E-state index contributed by atoms with van der Waals surface area (Å²) >= 11 is 0. The number of aryl methyl sites for hydroxylation is 1. The third-order valence-electron chi connectivity index (χ3n) is 7.78. The summed E-state index contributed by atoms with van der Waals surface area (Å²) in [5.74, 6) is 0.678. The van der Waals surface area contributed by atoms with Crippen molar-refractivity contribution >= 4 is 11.5 Å². The van der Waals surface area contributed by atoms with Crippen LogP contribution in [-0.4, -0.2) is 64.6 Å². The van der Waals surface area contributed by atoms with Gasteiger partial charge in [0.1, 0.15) is 42.8 Å². The molecule has 0 spiro atoms. The first-order valence-electron chi connectivity index (χ1n) is 14.8. The van der Waals surface area contributed by atoms with Crippen LogP contribution in [0.5, 0.6) is 23.3 Å². The number of fused-ring (bicyclic) bond motifs is 1. The fourth-order valence-electron chi connectivity index (χ4n) is 5.35. The molecule has 4 aromatic rings. The fourth-order valence-corrected chi connectivity index (χ4v) is 5.35. The van der Waals surface area contributed by atoms with Crippen LogP contribution in [0.3, 0.4) is 0 Å². The molecule has 242 valence electrons. The van der Waals surface area contributed by atoms with Gasteiger partial charge in [0.05, 0.1) is 0 Å². The van der Waals surface area contributed by atoms with Crippen LogP contribution in [0.4, 0.5) is 24.7 Å². The van der Waals surface area contributed by atoms with Gasteiger partial charge >= 0.3 is 18.2 Å². The number of piperazine rings is 1.